The summed E-state index contributed by atoms with van der Waals surface area (Å²) < 4.78 is 1.67. The lowest BCUT2D eigenvalue weighted by atomic mass is 10.1. The van der Waals surface area contributed by atoms with E-state index in [1.165, 1.54) is 0 Å². The number of nitrogens with one attached hydrogen (secondary N) is 1. The van der Waals surface area contributed by atoms with Crippen LogP contribution in [0, 0.1) is 10.8 Å². The van der Waals surface area contributed by atoms with Crippen molar-refractivity contribution in [2.45, 2.75) is 19.8 Å². The molecule has 5 heteroatoms. The van der Waals surface area contributed by atoms with Crippen LogP contribution in [0.2, 0.25) is 0 Å². The monoisotopic (exact) mass is 269 g/mol. The van der Waals surface area contributed by atoms with Crippen LogP contribution in [-0.2, 0) is 11.8 Å². The first-order chi connectivity index (χ1) is 7.04. The van der Waals surface area contributed by atoms with E-state index in [1.54, 1.807) is 10.9 Å². The minimum Gasteiger partial charge on any atom is -0.312 e. The summed E-state index contributed by atoms with van der Waals surface area (Å²) in [6.07, 6.45) is 1.77. The predicted molar refractivity (Wildman–Crippen MR) is 62.6 cm³/mol. The molecular weight excluding hydrogens is 258 g/mol. The largest absolute Gasteiger partial charge is 0.312 e. The predicted octanol–water partition coefficient (Wildman–Crippen LogP) is 1.84. The van der Waals surface area contributed by atoms with Gasteiger partial charge in [0.2, 0.25) is 0 Å². The summed E-state index contributed by atoms with van der Waals surface area (Å²) in [6.45, 7) is 4.04. The van der Waals surface area contributed by atoms with Gasteiger partial charge in [-0.05, 0) is 10.7 Å². The molecule has 0 saturated heterocycles. The first-order valence-electron chi connectivity index (χ1n) is 4.50. The lowest BCUT2D eigenvalue weighted by molar-refractivity contribution is -0.111. The molecule has 1 rings (SSSR count). The summed E-state index contributed by atoms with van der Waals surface area (Å²) in [5.41, 5.74) is 1.58. The number of anilines is 1. The molecule has 0 bridgehead atoms. The maximum atomic E-state index is 11.2. The zero-order chi connectivity index (χ0) is 11.4. The van der Waals surface area contributed by atoms with E-state index >= 15 is 0 Å². The van der Waals surface area contributed by atoms with E-state index < -0.39 is 0 Å². The normalized spacial score (nSPS) is 9.67. The molecule has 15 heavy (non-hydrogen) atoms. The fraction of sp³-hybridized carbons (Fsp3) is 0.400. The Hall–Kier alpha value is -1.28. The molecule has 0 radical (unpaired) electrons. The van der Waals surface area contributed by atoms with Gasteiger partial charge in [0, 0.05) is 35.1 Å². The van der Waals surface area contributed by atoms with Crippen molar-refractivity contribution in [1.29, 1.82) is 0 Å². The topological polar surface area (TPSA) is 46.9 Å². The van der Waals surface area contributed by atoms with Gasteiger partial charge >= 0.3 is 5.91 Å². The standard InChI is InChI=1S/C10H12BrN3O/c1-7(2)10-8(6-14(3)13-10)12-9(15)4-5-11/h6-7H,1-3H3,(H,12,15). The van der Waals surface area contributed by atoms with E-state index in [4.69, 9.17) is 0 Å². The van der Waals surface area contributed by atoms with Gasteiger partial charge in [-0.25, -0.2) is 0 Å². The SMILES string of the molecule is CC(C)c1nn(C)cc1NC(=O)C#CBr. The molecule has 0 aromatic carbocycles. The number of carbonyl (C=O) groups excluding carboxylic acids is 1. The van der Waals surface area contributed by atoms with Crippen molar-refractivity contribution < 1.29 is 4.79 Å². The third-order valence-electron chi connectivity index (χ3n) is 1.81. The molecule has 1 aromatic rings. The number of hydrogen-bond donors (Lipinski definition) is 1. The van der Waals surface area contributed by atoms with Crippen molar-refractivity contribution in [1.82, 2.24) is 9.78 Å². The number of rotatable bonds is 2. The van der Waals surface area contributed by atoms with Crippen LogP contribution in [0.25, 0.3) is 0 Å². The van der Waals surface area contributed by atoms with Crippen molar-refractivity contribution in [2.24, 2.45) is 7.05 Å². The van der Waals surface area contributed by atoms with E-state index in [-0.39, 0.29) is 11.8 Å². The van der Waals surface area contributed by atoms with Gasteiger partial charge in [-0.3, -0.25) is 9.48 Å². The molecule has 4 nitrogen and oxygen atoms in total. The van der Waals surface area contributed by atoms with Gasteiger partial charge in [-0.2, -0.15) is 5.10 Å². The average Bonchev–Trinajstić information content (AvgIpc) is 2.47. The van der Waals surface area contributed by atoms with Crippen LogP contribution in [0.1, 0.15) is 25.5 Å². The molecule has 0 spiro atoms. The Bertz CT molecular complexity index is 426. The second kappa shape index (κ2) is 4.99. The molecule has 0 aliphatic heterocycles. The Morgan fingerprint density at radius 1 is 1.67 bits per heavy atom. The highest BCUT2D eigenvalue weighted by Crippen LogP contribution is 2.21. The first kappa shape index (κ1) is 11.8. The van der Waals surface area contributed by atoms with E-state index in [2.05, 4.69) is 37.1 Å². The van der Waals surface area contributed by atoms with E-state index in [1.807, 2.05) is 20.9 Å². The number of halogens is 1. The Labute approximate surface area is 97.2 Å². The van der Waals surface area contributed by atoms with Gasteiger partial charge in [-0.1, -0.05) is 13.8 Å². The number of aromatic nitrogens is 2. The summed E-state index contributed by atoms with van der Waals surface area (Å²) in [5.74, 6) is 2.27. The van der Waals surface area contributed by atoms with Gasteiger partial charge < -0.3 is 5.32 Å². The highest BCUT2D eigenvalue weighted by Gasteiger charge is 2.12. The molecule has 0 atom stereocenters. The van der Waals surface area contributed by atoms with Gasteiger partial charge in [-0.15, -0.1) is 0 Å². The number of hydrogen-bond acceptors (Lipinski definition) is 2. The number of carbonyl (C=O) groups is 1. The summed E-state index contributed by atoms with van der Waals surface area (Å²) >= 11 is 2.87. The molecule has 0 fully saturated rings. The van der Waals surface area contributed by atoms with Crippen LogP contribution in [0.3, 0.4) is 0 Å². The lowest BCUT2D eigenvalue weighted by Gasteiger charge is -2.03. The second-order valence-corrected chi connectivity index (χ2v) is 3.83. The number of aryl methyl sites for hydroxylation is 1. The Morgan fingerprint density at radius 3 is 2.87 bits per heavy atom. The molecule has 1 amide bonds. The van der Waals surface area contributed by atoms with Crippen LogP contribution >= 0.6 is 15.9 Å². The van der Waals surface area contributed by atoms with E-state index in [9.17, 15) is 4.79 Å². The smallest absolute Gasteiger partial charge is 0.301 e. The number of nitrogens with zero attached hydrogens (tertiary/aromatic N) is 2. The molecular formula is C10H12BrN3O. The van der Waals surface area contributed by atoms with Crippen molar-refractivity contribution in [3.05, 3.63) is 11.9 Å². The third-order valence-corrected chi connectivity index (χ3v) is 2.01. The molecule has 0 saturated carbocycles. The maximum absolute atomic E-state index is 11.2. The van der Waals surface area contributed by atoms with Crippen LogP contribution in [0.4, 0.5) is 5.69 Å². The molecule has 0 aliphatic rings. The van der Waals surface area contributed by atoms with E-state index in [0.717, 1.165) is 5.69 Å². The van der Waals surface area contributed by atoms with Gasteiger partial charge in [0.15, 0.2) is 0 Å². The minimum atomic E-state index is -0.346. The van der Waals surface area contributed by atoms with Gasteiger partial charge in [0.25, 0.3) is 0 Å². The Morgan fingerprint density at radius 2 is 2.33 bits per heavy atom. The van der Waals surface area contributed by atoms with Crippen LogP contribution in [0.5, 0.6) is 0 Å². The van der Waals surface area contributed by atoms with Crippen molar-refractivity contribution in [3.63, 3.8) is 0 Å². The zero-order valence-electron chi connectivity index (χ0n) is 8.84. The Balaban J connectivity index is 2.92. The third kappa shape index (κ3) is 3.10. The van der Waals surface area contributed by atoms with Crippen molar-refractivity contribution in [3.8, 4) is 10.8 Å². The molecule has 1 aromatic heterocycles. The quantitative estimate of drug-likeness (QED) is 0.833. The minimum absolute atomic E-state index is 0.262. The molecule has 0 aliphatic carbocycles. The highest BCUT2D eigenvalue weighted by atomic mass is 79.9. The van der Waals surface area contributed by atoms with Gasteiger partial charge in [0.1, 0.15) is 0 Å². The fourth-order valence-corrected chi connectivity index (χ4v) is 1.40. The molecule has 0 unspecified atom stereocenters. The number of amides is 1. The molecule has 1 heterocycles. The highest BCUT2D eigenvalue weighted by molar-refractivity contribution is 9.12. The fourth-order valence-electron chi connectivity index (χ4n) is 1.22. The Kier molecular flexibility index (Phi) is 3.92. The maximum Gasteiger partial charge on any atom is 0.301 e. The summed E-state index contributed by atoms with van der Waals surface area (Å²) in [5, 5.41) is 6.95. The van der Waals surface area contributed by atoms with Crippen LogP contribution < -0.4 is 5.32 Å². The van der Waals surface area contributed by atoms with Gasteiger partial charge in [0.05, 0.1) is 11.4 Å². The average molecular weight is 270 g/mol. The molecule has 80 valence electrons. The summed E-state index contributed by atoms with van der Waals surface area (Å²) in [4.78, 5) is 13.6. The second-order valence-electron chi connectivity index (χ2n) is 3.43. The van der Waals surface area contributed by atoms with Crippen LogP contribution in [-0.4, -0.2) is 15.7 Å². The van der Waals surface area contributed by atoms with Crippen molar-refractivity contribution >= 4 is 27.5 Å². The molecule has 1 N–H and O–H groups in total. The summed E-state index contributed by atoms with van der Waals surface area (Å²) in [7, 11) is 1.82. The van der Waals surface area contributed by atoms with Crippen LogP contribution in [0.15, 0.2) is 6.20 Å². The zero-order valence-corrected chi connectivity index (χ0v) is 10.4. The van der Waals surface area contributed by atoms with E-state index in [0.29, 0.717) is 5.69 Å². The lowest BCUT2D eigenvalue weighted by Crippen LogP contribution is -2.09. The van der Waals surface area contributed by atoms with Crippen molar-refractivity contribution in [2.75, 3.05) is 5.32 Å². The summed E-state index contributed by atoms with van der Waals surface area (Å²) in [6, 6.07) is 0. The first-order valence-corrected chi connectivity index (χ1v) is 5.30.